The molecular weight excluding hydrogens is 400 g/mol. The van der Waals surface area contributed by atoms with Crippen LogP contribution in [0.1, 0.15) is 24.8 Å². The number of hydrogen-bond acceptors (Lipinski definition) is 5. The molecule has 2 aliphatic heterocycles. The van der Waals surface area contributed by atoms with Crippen LogP contribution in [0.2, 0.25) is 5.02 Å². The van der Waals surface area contributed by atoms with Crippen molar-refractivity contribution in [3.8, 4) is 0 Å². The van der Waals surface area contributed by atoms with Crippen LogP contribution in [0.4, 0.5) is 11.4 Å². The van der Waals surface area contributed by atoms with E-state index in [9.17, 15) is 4.79 Å². The van der Waals surface area contributed by atoms with E-state index in [0.29, 0.717) is 30.6 Å². The Hall–Kier alpha value is -2.54. The number of carbonyl (C=O) groups is 1. The molecule has 0 bridgehead atoms. The zero-order valence-electron chi connectivity index (χ0n) is 17.0. The molecule has 4 rings (SSSR count). The van der Waals surface area contributed by atoms with Crippen molar-refractivity contribution >= 4 is 40.4 Å². The molecule has 0 spiro atoms. The highest BCUT2D eigenvalue weighted by molar-refractivity contribution is 6.30. The second kappa shape index (κ2) is 9.51. The Morgan fingerprint density at radius 1 is 1.10 bits per heavy atom. The number of halogens is 1. The van der Waals surface area contributed by atoms with Crippen LogP contribution in [-0.4, -0.2) is 55.2 Å². The van der Waals surface area contributed by atoms with Gasteiger partial charge in [-0.25, -0.2) is 4.99 Å². The fourth-order valence-corrected chi connectivity index (χ4v) is 3.88. The summed E-state index contributed by atoms with van der Waals surface area (Å²) >= 11 is 6.11. The van der Waals surface area contributed by atoms with Crippen molar-refractivity contribution in [1.82, 2.24) is 10.2 Å². The van der Waals surface area contributed by atoms with E-state index in [4.69, 9.17) is 26.3 Å². The number of rotatable bonds is 4. The predicted octanol–water partition coefficient (Wildman–Crippen LogP) is 4.10. The maximum atomic E-state index is 12.9. The highest BCUT2D eigenvalue weighted by Gasteiger charge is 2.28. The third kappa shape index (κ3) is 4.78. The van der Waals surface area contributed by atoms with Crippen LogP contribution in [0.3, 0.4) is 0 Å². The van der Waals surface area contributed by atoms with E-state index in [1.807, 2.05) is 48.5 Å². The lowest BCUT2D eigenvalue weighted by atomic mass is 9.91. The molecule has 1 N–H and O–H groups in total. The number of amides is 1. The number of fused-ring (bicyclic) bond motifs is 1. The lowest BCUT2D eigenvalue weighted by molar-refractivity contribution is -0.121. The van der Waals surface area contributed by atoms with Gasteiger partial charge in [-0.15, -0.1) is 0 Å². The Morgan fingerprint density at radius 3 is 2.43 bits per heavy atom. The van der Waals surface area contributed by atoms with Crippen LogP contribution in [-0.2, 0) is 9.53 Å². The van der Waals surface area contributed by atoms with Crippen molar-refractivity contribution in [2.45, 2.75) is 19.3 Å². The first kappa shape index (κ1) is 20.7. The minimum Gasteiger partial charge on any atom is -0.379 e. The fraction of sp³-hybridized carbons (Fsp3) is 0.348. The zero-order valence-corrected chi connectivity index (χ0v) is 17.7. The minimum atomic E-state index is -0.242. The summed E-state index contributed by atoms with van der Waals surface area (Å²) in [5.74, 6) is 0.277. The number of hydrogen-bond donors (Lipinski definition) is 1. The van der Waals surface area contributed by atoms with E-state index in [1.54, 1.807) is 0 Å². The van der Waals surface area contributed by atoms with Crippen molar-refractivity contribution in [2.75, 3.05) is 32.8 Å². The number of para-hydroxylation sites is 2. The number of aliphatic imine (C=N–C) groups is 2. The minimum absolute atomic E-state index is 0.0792. The summed E-state index contributed by atoms with van der Waals surface area (Å²) in [6.07, 6.45) is 0.736. The maximum absolute atomic E-state index is 12.9. The molecule has 2 aromatic carbocycles. The molecular formula is C23H25ClN4O2. The van der Waals surface area contributed by atoms with Gasteiger partial charge in [0, 0.05) is 23.8 Å². The number of carbonyl (C=O) groups excluding carboxylic acids is 1. The third-order valence-electron chi connectivity index (χ3n) is 5.30. The summed E-state index contributed by atoms with van der Waals surface area (Å²) in [6.45, 7) is 5.21. The summed E-state index contributed by atoms with van der Waals surface area (Å²) in [5.41, 5.74) is 3.51. The van der Waals surface area contributed by atoms with Crippen LogP contribution in [0.25, 0.3) is 0 Å². The molecule has 6 nitrogen and oxygen atoms in total. The molecule has 7 heteroatoms. The number of nitrogens with one attached hydrogen (secondary N) is 1. The molecule has 156 valence electrons. The quantitative estimate of drug-likeness (QED) is 0.803. The third-order valence-corrected chi connectivity index (χ3v) is 5.55. The van der Waals surface area contributed by atoms with Gasteiger partial charge in [0.1, 0.15) is 5.84 Å². The fourth-order valence-electron chi connectivity index (χ4n) is 3.76. The van der Waals surface area contributed by atoms with Gasteiger partial charge >= 0.3 is 0 Å². The molecule has 2 heterocycles. The van der Waals surface area contributed by atoms with Gasteiger partial charge in [0.05, 0.1) is 37.1 Å². The lowest BCUT2D eigenvalue weighted by Gasteiger charge is -2.27. The smallest absolute Gasteiger partial charge is 0.239 e. The van der Waals surface area contributed by atoms with Gasteiger partial charge in [0.15, 0.2) is 0 Å². The molecule has 0 unspecified atom stereocenters. The predicted molar refractivity (Wildman–Crippen MR) is 121 cm³/mol. The lowest BCUT2D eigenvalue weighted by Crippen LogP contribution is -2.46. The molecule has 0 aliphatic carbocycles. The van der Waals surface area contributed by atoms with E-state index in [-0.39, 0.29) is 11.8 Å². The first-order valence-electron chi connectivity index (χ1n) is 10.2. The Kier molecular flexibility index (Phi) is 6.57. The normalized spacial score (nSPS) is 19.3. The molecule has 1 saturated heterocycles. The molecule has 2 aliphatic rings. The SMILES string of the molecule is CCC1=Nc2ccccc2N=C(NC(=O)CN2CCOCC2)[C@H]1c1ccc(Cl)cc1. The van der Waals surface area contributed by atoms with E-state index in [2.05, 4.69) is 17.1 Å². The van der Waals surface area contributed by atoms with E-state index in [0.717, 1.165) is 42.2 Å². The number of benzene rings is 2. The Morgan fingerprint density at radius 2 is 1.77 bits per heavy atom. The van der Waals surface area contributed by atoms with E-state index in [1.165, 1.54) is 0 Å². The van der Waals surface area contributed by atoms with Crippen LogP contribution in [0.15, 0.2) is 58.5 Å². The molecule has 1 atom stereocenters. The van der Waals surface area contributed by atoms with E-state index >= 15 is 0 Å². The second-order valence-electron chi connectivity index (χ2n) is 7.36. The molecule has 30 heavy (non-hydrogen) atoms. The van der Waals surface area contributed by atoms with Crippen molar-refractivity contribution < 1.29 is 9.53 Å². The maximum Gasteiger partial charge on any atom is 0.239 e. The average molecular weight is 425 g/mol. The summed E-state index contributed by atoms with van der Waals surface area (Å²) in [4.78, 5) is 24.7. The number of morpholine rings is 1. The number of nitrogens with zero attached hydrogens (tertiary/aromatic N) is 3. The summed E-state index contributed by atoms with van der Waals surface area (Å²) in [6, 6.07) is 15.4. The second-order valence-corrected chi connectivity index (χ2v) is 7.80. The monoisotopic (exact) mass is 424 g/mol. The zero-order chi connectivity index (χ0) is 20.9. The van der Waals surface area contributed by atoms with Gasteiger partial charge < -0.3 is 10.1 Å². The highest BCUT2D eigenvalue weighted by atomic mass is 35.5. The van der Waals surface area contributed by atoms with Gasteiger partial charge in [-0.2, -0.15) is 0 Å². The largest absolute Gasteiger partial charge is 0.379 e. The Bertz CT molecular complexity index is 965. The molecule has 0 aromatic heterocycles. The van der Waals surface area contributed by atoms with E-state index < -0.39 is 0 Å². The first-order valence-corrected chi connectivity index (χ1v) is 10.6. The number of ether oxygens (including phenoxy) is 1. The van der Waals surface area contributed by atoms with Gasteiger partial charge in [-0.05, 0) is 36.2 Å². The molecule has 0 radical (unpaired) electrons. The van der Waals surface area contributed by atoms with Gasteiger partial charge in [0.2, 0.25) is 5.91 Å². The molecule has 2 aromatic rings. The van der Waals surface area contributed by atoms with Gasteiger partial charge in [0.25, 0.3) is 0 Å². The Balaban J connectivity index is 1.69. The van der Waals surface area contributed by atoms with Crippen molar-refractivity contribution in [3.05, 3.63) is 59.1 Å². The van der Waals surface area contributed by atoms with Gasteiger partial charge in [-0.1, -0.05) is 42.8 Å². The average Bonchev–Trinajstić information content (AvgIpc) is 2.91. The number of amidine groups is 1. The Labute approximate surface area is 181 Å². The molecule has 1 amide bonds. The van der Waals surface area contributed by atoms with Crippen LogP contribution >= 0.6 is 11.6 Å². The van der Waals surface area contributed by atoms with Crippen LogP contribution in [0, 0.1) is 0 Å². The standard InChI is InChI=1S/C23H25ClN4O2/c1-2-18-22(16-7-9-17(24)10-8-16)23(26-20-6-4-3-5-19(20)25-18)27-21(29)15-28-11-13-30-14-12-28/h3-10,22H,2,11-15H2,1H3,(H,26,27,29)/t22-/m0/s1. The van der Waals surface area contributed by atoms with Crippen molar-refractivity contribution in [2.24, 2.45) is 9.98 Å². The topological polar surface area (TPSA) is 66.3 Å². The van der Waals surface area contributed by atoms with Crippen molar-refractivity contribution in [3.63, 3.8) is 0 Å². The summed E-state index contributed by atoms with van der Waals surface area (Å²) in [5, 5.41) is 3.76. The first-order chi connectivity index (χ1) is 14.6. The van der Waals surface area contributed by atoms with Crippen molar-refractivity contribution in [1.29, 1.82) is 0 Å². The highest BCUT2D eigenvalue weighted by Crippen LogP contribution is 2.35. The van der Waals surface area contributed by atoms with Gasteiger partial charge in [-0.3, -0.25) is 14.7 Å². The van der Waals surface area contributed by atoms with Crippen LogP contribution < -0.4 is 5.32 Å². The van der Waals surface area contributed by atoms with Crippen LogP contribution in [0.5, 0.6) is 0 Å². The molecule has 1 fully saturated rings. The molecule has 0 saturated carbocycles. The summed E-state index contributed by atoms with van der Waals surface area (Å²) in [7, 11) is 0. The summed E-state index contributed by atoms with van der Waals surface area (Å²) < 4.78 is 5.38.